The molecule has 0 heterocycles. The van der Waals surface area contributed by atoms with Crippen LogP contribution in [0.2, 0.25) is 0 Å². The number of aryl methyl sites for hydroxylation is 1. The number of para-hydroxylation sites is 1. The number of ether oxygens (including phenoxy) is 1. The van der Waals surface area contributed by atoms with Gasteiger partial charge in [0.15, 0.2) is 0 Å². The fraction of sp³-hybridized carbons (Fsp3) is 0.400. The molecule has 0 unspecified atom stereocenters. The molecule has 1 aliphatic rings. The van der Waals surface area contributed by atoms with Crippen molar-refractivity contribution in [2.45, 2.75) is 45.1 Å². The maximum absolute atomic E-state index is 5.36. The molecule has 116 valence electrons. The van der Waals surface area contributed by atoms with Crippen molar-refractivity contribution in [2.24, 2.45) is 0 Å². The predicted molar refractivity (Wildman–Crippen MR) is 93.2 cm³/mol. The summed E-state index contributed by atoms with van der Waals surface area (Å²) in [5, 5.41) is 0. The molecule has 0 atom stereocenters. The first-order chi connectivity index (χ1) is 10.8. The summed E-state index contributed by atoms with van der Waals surface area (Å²) in [5.74, 6) is 0.929. The van der Waals surface area contributed by atoms with Gasteiger partial charge in [0.25, 0.3) is 0 Å². The van der Waals surface area contributed by atoms with E-state index in [1.165, 1.54) is 49.0 Å². The Morgan fingerprint density at radius 2 is 1.68 bits per heavy atom. The summed E-state index contributed by atoms with van der Waals surface area (Å²) >= 11 is 0. The molecular weight excluding hydrogens is 270 g/mol. The molecule has 1 aliphatic carbocycles. The van der Waals surface area contributed by atoms with E-state index in [0.717, 1.165) is 5.75 Å². The van der Waals surface area contributed by atoms with E-state index in [1.807, 2.05) is 0 Å². The lowest BCUT2D eigenvalue weighted by molar-refractivity contribution is 0.414. The third kappa shape index (κ3) is 3.11. The molecule has 0 radical (unpaired) electrons. The molecule has 2 aromatic rings. The van der Waals surface area contributed by atoms with Gasteiger partial charge in [-0.05, 0) is 55.7 Å². The van der Waals surface area contributed by atoms with Crippen molar-refractivity contribution >= 4 is 11.4 Å². The molecule has 1 saturated carbocycles. The maximum Gasteiger partial charge on any atom is 0.119 e. The van der Waals surface area contributed by atoms with Gasteiger partial charge in [0, 0.05) is 17.4 Å². The van der Waals surface area contributed by atoms with Crippen LogP contribution in [0.4, 0.5) is 11.4 Å². The molecule has 0 spiro atoms. The Kier molecular flexibility index (Phi) is 4.67. The van der Waals surface area contributed by atoms with Gasteiger partial charge < -0.3 is 9.64 Å². The van der Waals surface area contributed by atoms with Gasteiger partial charge in [-0.15, -0.1) is 0 Å². The first kappa shape index (κ1) is 15.0. The molecule has 1 fully saturated rings. The zero-order chi connectivity index (χ0) is 15.4. The number of hydrogen-bond acceptors (Lipinski definition) is 2. The van der Waals surface area contributed by atoms with Gasteiger partial charge in [-0.2, -0.15) is 0 Å². The Morgan fingerprint density at radius 1 is 0.955 bits per heavy atom. The lowest BCUT2D eigenvalue weighted by atomic mass is 9.93. The Morgan fingerprint density at radius 3 is 2.32 bits per heavy atom. The Bertz CT molecular complexity index is 602. The summed E-state index contributed by atoms with van der Waals surface area (Å²) in [5.41, 5.74) is 3.87. The third-order valence-corrected chi connectivity index (χ3v) is 4.64. The van der Waals surface area contributed by atoms with E-state index in [0.29, 0.717) is 6.04 Å². The minimum absolute atomic E-state index is 0.600. The van der Waals surface area contributed by atoms with E-state index >= 15 is 0 Å². The molecule has 3 rings (SSSR count). The minimum atomic E-state index is 0.600. The molecular formula is C20H25NO. The highest BCUT2D eigenvalue weighted by Gasteiger charge is 2.24. The van der Waals surface area contributed by atoms with Crippen LogP contribution in [0.1, 0.15) is 37.7 Å². The average Bonchev–Trinajstić information content (AvgIpc) is 2.58. The second-order valence-electron chi connectivity index (χ2n) is 6.15. The molecule has 0 aliphatic heterocycles. The first-order valence-corrected chi connectivity index (χ1v) is 8.28. The van der Waals surface area contributed by atoms with Crippen LogP contribution in [-0.2, 0) is 0 Å². The number of hydrogen-bond donors (Lipinski definition) is 0. The van der Waals surface area contributed by atoms with Crippen molar-refractivity contribution in [1.29, 1.82) is 0 Å². The standard InChI is InChI=1S/C20H25NO/c1-16-15-19(22-2)13-14-20(16)21(17-9-5-3-6-10-17)18-11-7-4-8-12-18/h3,5-6,9-10,13-15,18H,4,7-8,11-12H2,1-2H3. The molecule has 0 bridgehead atoms. The zero-order valence-corrected chi connectivity index (χ0v) is 13.6. The molecule has 0 N–H and O–H groups in total. The van der Waals surface area contributed by atoms with Crippen LogP contribution in [0.3, 0.4) is 0 Å². The Hall–Kier alpha value is -1.96. The second kappa shape index (κ2) is 6.87. The minimum Gasteiger partial charge on any atom is -0.497 e. The largest absolute Gasteiger partial charge is 0.497 e. The van der Waals surface area contributed by atoms with Crippen molar-refractivity contribution < 1.29 is 4.74 Å². The van der Waals surface area contributed by atoms with E-state index in [2.05, 4.69) is 60.4 Å². The monoisotopic (exact) mass is 295 g/mol. The van der Waals surface area contributed by atoms with Crippen molar-refractivity contribution in [1.82, 2.24) is 0 Å². The van der Waals surface area contributed by atoms with E-state index in [4.69, 9.17) is 4.74 Å². The van der Waals surface area contributed by atoms with Gasteiger partial charge in [0.1, 0.15) is 5.75 Å². The van der Waals surface area contributed by atoms with Crippen LogP contribution in [0, 0.1) is 6.92 Å². The SMILES string of the molecule is COc1ccc(N(c2ccccc2)C2CCCCC2)c(C)c1. The van der Waals surface area contributed by atoms with Crippen molar-refractivity contribution in [2.75, 3.05) is 12.0 Å². The summed E-state index contributed by atoms with van der Waals surface area (Å²) in [7, 11) is 1.73. The smallest absolute Gasteiger partial charge is 0.119 e. The Balaban J connectivity index is 2.01. The van der Waals surface area contributed by atoms with E-state index < -0.39 is 0 Å². The lowest BCUT2D eigenvalue weighted by Gasteiger charge is -2.37. The highest BCUT2D eigenvalue weighted by molar-refractivity contribution is 5.68. The van der Waals surface area contributed by atoms with Crippen molar-refractivity contribution in [3.05, 3.63) is 54.1 Å². The normalized spacial score (nSPS) is 15.5. The first-order valence-electron chi connectivity index (χ1n) is 8.28. The second-order valence-corrected chi connectivity index (χ2v) is 6.15. The molecule has 2 aromatic carbocycles. The van der Waals surface area contributed by atoms with Crippen LogP contribution in [0.25, 0.3) is 0 Å². The highest BCUT2D eigenvalue weighted by Crippen LogP contribution is 2.36. The molecule has 0 amide bonds. The van der Waals surface area contributed by atoms with Gasteiger partial charge in [0.05, 0.1) is 7.11 Å². The maximum atomic E-state index is 5.36. The fourth-order valence-corrected chi connectivity index (χ4v) is 3.50. The number of methoxy groups -OCH3 is 1. The van der Waals surface area contributed by atoms with E-state index in [-0.39, 0.29) is 0 Å². The van der Waals surface area contributed by atoms with Gasteiger partial charge >= 0.3 is 0 Å². The summed E-state index contributed by atoms with van der Waals surface area (Å²) < 4.78 is 5.36. The summed E-state index contributed by atoms with van der Waals surface area (Å²) in [4.78, 5) is 2.54. The molecule has 22 heavy (non-hydrogen) atoms. The number of anilines is 2. The van der Waals surface area contributed by atoms with Gasteiger partial charge in [-0.1, -0.05) is 37.5 Å². The van der Waals surface area contributed by atoms with Crippen LogP contribution < -0.4 is 9.64 Å². The lowest BCUT2D eigenvalue weighted by Crippen LogP contribution is -2.33. The van der Waals surface area contributed by atoms with Crippen molar-refractivity contribution in [3.63, 3.8) is 0 Å². The Labute approximate surface area is 133 Å². The number of nitrogens with zero attached hydrogens (tertiary/aromatic N) is 1. The van der Waals surface area contributed by atoms with Crippen LogP contribution in [-0.4, -0.2) is 13.2 Å². The van der Waals surface area contributed by atoms with Crippen LogP contribution in [0.5, 0.6) is 5.75 Å². The topological polar surface area (TPSA) is 12.5 Å². The van der Waals surface area contributed by atoms with Crippen molar-refractivity contribution in [3.8, 4) is 5.75 Å². The molecule has 2 nitrogen and oxygen atoms in total. The van der Waals surface area contributed by atoms with Gasteiger partial charge in [0.2, 0.25) is 0 Å². The molecule has 0 saturated heterocycles. The van der Waals surface area contributed by atoms with Crippen LogP contribution >= 0.6 is 0 Å². The fourth-order valence-electron chi connectivity index (χ4n) is 3.50. The molecule has 2 heteroatoms. The predicted octanol–water partition coefficient (Wildman–Crippen LogP) is 5.47. The zero-order valence-electron chi connectivity index (χ0n) is 13.6. The summed E-state index contributed by atoms with van der Waals surface area (Å²) in [6.45, 7) is 2.18. The van der Waals surface area contributed by atoms with Crippen LogP contribution in [0.15, 0.2) is 48.5 Å². The summed E-state index contributed by atoms with van der Waals surface area (Å²) in [6.07, 6.45) is 6.61. The highest BCUT2D eigenvalue weighted by atomic mass is 16.5. The van der Waals surface area contributed by atoms with E-state index in [1.54, 1.807) is 7.11 Å². The number of benzene rings is 2. The third-order valence-electron chi connectivity index (χ3n) is 4.64. The van der Waals surface area contributed by atoms with Gasteiger partial charge in [-0.25, -0.2) is 0 Å². The number of rotatable bonds is 4. The average molecular weight is 295 g/mol. The van der Waals surface area contributed by atoms with Gasteiger partial charge in [-0.3, -0.25) is 0 Å². The molecule has 0 aromatic heterocycles. The van der Waals surface area contributed by atoms with E-state index in [9.17, 15) is 0 Å². The summed E-state index contributed by atoms with van der Waals surface area (Å²) in [6, 6.07) is 17.8. The quantitative estimate of drug-likeness (QED) is 0.741.